The number of hydrogen-bond donors (Lipinski definition) is 1. The topological polar surface area (TPSA) is 75.7 Å². The van der Waals surface area contributed by atoms with Crippen molar-refractivity contribution in [3.63, 3.8) is 0 Å². The van der Waals surface area contributed by atoms with Crippen molar-refractivity contribution in [2.45, 2.75) is 13.0 Å². The number of esters is 1. The first-order chi connectivity index (χ1) is 8.59. The van der Waals surface area contributed by atoms with E-state index in [-0.39, 0.29) is 0 Å². The van der Waals surface area contributed by atoms with E-state index < -0.39 is 24.0 Å². The standard InChI is InChI=1S/C11H12N2O4S/c1-7(9(14)13-4-3-12-11(13)16)17-10(15)8-2-5-18-6-8/h2,5-7H,3-4H2,1H3,(H,12,16)/t7-/m0/s1. The average molecular weight is 268 g/mol. The molecule has 0 bridgehead atoms. The van der Waals surface area contributed by atoms with E-state index in [9.17, 15) is 14.4 Å². The average Bonchev–Trinajstić information content (AvgIpc) is 2.98. The molecule has 18 heavy (non-hydrogen) atoms. The van der Waals surface area contributed by atoms with Crippen LogP contribution in [0.4, 0.5) is 4.79 Å². The van der Waals surface area contributed by atoms with Crippen molar-refractivity contribution >= 4 is 29.2 Å². The van der Waals surface area contributed by atoms with Crippen molar-refractivity contribution in [1.29, 1.82) is 0 Å². The number of hydrogen-bond acceptors (Lipinski definition) is 5. The molecule has 0 saturated carbocycles. The van der Waals surface area contributed by atoms with Gasteiger partial charge in [-0.3, -0.25) is 9.69 Å². The van der Waals surface area contributed by atoms with Crippen LogP contribution >= 0.6 is 11.3 Å². The highest BCUT2D eigenvalue weighted by Gasteiger charge is 2.31. The lowest BCUT2D eigenvalue weighted by molar-refractivity contribution is -0.136. The fourth-order valence-corrected chi connectivity index (χ4v) is 2.19. The maximum atomic E-state index is 11.9. The number of nitrogens with zero attached hydrogens (tertiary/aromatic N) is 1. The second-order valence-electron chi connectivity index (χ2n) is 3.78. The third-order valence-electron chi connectivity index (χ3n) is 2.51. The minimum Gasteiger partial charge on any atom is -0.449 e. The van der Waals surface area contributed by atoms with Crippen molar-refractivity contribution < 1.29 is 19.1 Å². The molecule has 1 saturated heterocycles. The lowest BCUT2D eigenvalue weighted by Gasteiger charge is -2.17. The Morgan fingerprint density at radius 2 is 2.33 bits per heavy atom. The van der Waals surface area contributed by atoms with Gasteiger partial charge in [0, 0.05) is 18.5 Å². The predicted molar refractivity (Wildman–Crippen MR) is 64.3 cm³/mol. The van der Waals surface area contributed by atoms with Crippen molar-refractivity contribution in [1.82, 2.24) is 10.2 Å². The van der Waals surface area contributed by atoms with Gasteiger partial charge in [0.25, 0.3) is 5.91 Å². The van der Waals surface area contributed by atoms with E-state index >= 15 is 0 Å². The van der Waals surface area contributed by atoms with E-state index in [4.69, 9.17) is 4.74 Å². The van der Waals surface area contributed by atoms with Crippen LogP contribution in [0.25, 0.3) is 0 Å². The van der Waals surface area contributed by atoms with Crippen LogP contribution in [-0.2, 0) is 9.53 Å². The monoisotopic (exact) mass is 268 g/mol. The van der Waals surface area contributed by atoms with E-state index in [1.54, 1.807) is 16.8 Å². The molecule has 2 heterocycles. The molecule has 1 N–H and O–H groups in total. The molecule has 6 nitrogen and oxygen atoms in total. The third kappa shape index (κ3) is 2.51. The molecule has 0 unspecified atom stereocenters. The van der Waals surface area contributed by atoms with E-state index in [2.05, 4.69) is 5.32 Å². The molecule has 1 aromatic heterocycles. The van der Waals surface area contributed by atoms with Gasteiger partial charge in [-0.15, -0.1) is 0 Å². The minimum atomic E-state index is -0.971. The molecule has 0 spiro atoms. The summed E-state index contributed by atoms with van der Waals surface area (Å²) >= 11 is 1.37. The molecule has 1 aromatic rings. The molecule has 1 aliphatic heterocycles. The van der Waals surface area contributed by atoms with Crippen LogP contribution in [0.5, 0.6) is 0 Å². The molecule has 1 atom stereocenters. The van der Waals surface area contributed by atoms with Gasteiger partial charge >= 0.3 is 12.0 Å². The number of nitrogens with one attached hydrogen (secondary N) is 1. The number of ether oxygens (including phenoxy) is 1. The SMILES string of the molecule is C[C@H](OC(=O)c1ccsc1)C(=O)N1CCNC1=O. The summed E-state index contributed by atoms with van der Waals surface area (Å²) in [6.07, 6.45) is -0.971. The van der Waals surface area contributed by atoms with Crippen LogP contribution in [0, 0.1) is 0 Å². The minimum absolute atomic E-state index is 0.304. The zero-order valence-corrected chi connectivity index (χ0v) is 10.5. The maximum absolute atomic E-state index is 11.9. The first-order valence-electron chi connectivity index (χ1n) is 5.42. The first kappa shape index (κ1) is 12.6. The van der Waals surface area contributed by atoms with Gasteiger partial charge in [0.1, 0.15) is 0 Å². The summed E-state index contributed by atoms with van der Waals surface area (Å²) in [6.45, 7) is 2.19. The number of imide groups is 1. The fourth-order valence-electron chi connectivity index (χ4n) is 1.56. The third-order valence-corrected chi connectivity index (χ3v) is 3.19. The lowest BCUT2D eigenvalue weighted by Crippen LogP contribution is -2.41. The van der Waals surface area contributed by atoms with Crippen molar-refractivity contribution in [2.75, 3.05) is 13.1 Å². The molecule has 3 amide bonds. The Bertz CT molecular complexity index is 471. The normalized spacial score (nSPS) is 16.3. The summed E-state index contributed by atoms with van der Waals surface area (Å²) in [4.78, 5) is 35.8. The van der Waals surface area contributed by atoms with Gasteiger partial charge in [0.15, 0.2) is 6.10 Å². The van der Waals surface area contributed by atoms with Gasteiger partial charge in [-0.25, -0.2) is 9.59 Å². The van der Waals surface area contributed by atoms with E-state index in [1.165, 1.54) is 18.3 Å². The summed E-state index contributed by atoms with van der Waals surface area (Å²) < 4.78 is 5.01. The first-order valence-corrected chi connectivity index (χ1v) is 6.36. The molecule has 0 radical (unpaired) electrons. The van der Waals surface area contributed by atoms with Gasteiger partial charge < -0.3 is 10.1 Å². The summed E-state index contributed by atoms with van der Waals surface area (Å²) in [5.41, 5.74) is 0.408. The largest absolute Gasteiger partial charge is 0.449 e. The lowest BCUT2D eigenvalue weighted by atomic mass is 10.3. The summed E-state index contributed by atoms with van der Waals surface area (Å²) in [5, 5.41) is 5.90. The maximum Gasteiger partial charge on any atom is 0.339 e. The summed E-state index contributed by atoms with van der Waals surface area (Å²) in [7, 11) is 0. The zero-order valence-electron chi connectivity index (χ0n) is 9.71. The highest BCUT2D eigenvalue weighted by molar-refractivity contribution is 7.08. The Labute approximate surface area is 108 Å². The predicted octanol–water partition coefficient (Wildman–Crippen LogP) is 0.845. The fraction of sp³-hybridized carbons (Fsp3) is 0.364. The van der Waals surface area contributed by atoms with Gasteiger partial charge in [-0.2, -0.15) is 11.3 Å². The number of urea groups is 1. The Balaban J connectivity index is 1.95. The molecule has 2 rings (SSSR count). The van der Waals surface area contributed by atoms with Crippen LogP contribution in [-0.4, -0.2) is 42.0 Å². The number of rotatable bonds is 3. The van der Waals surface area contributed by atoms with Crippen LogP contribution in [0.1, 0.15) is 17.3 Å². The van der Waals surface area contributed by atoms with Crippen LogP contribution in [0.15, 0.2) is 16.8 Å². The second kappa shape index (κ2) is 5.18. The molecular formula is C11H12N2O4S. The quantitative estimate of drug-likeness (QED) is 0.824. The molecule has 7 heteroatoms. The number of thiophene rings is 1. The Kier molecular flexibility index (Phi) is 3.61. The van der Waals surface area contributed by atoms with Crippen molar-refractivity contribution in [2.24, 2.45) is 0 Å². The Morgan fingerprint density at radius 1 is 1.56 bits per heavy atom. The van der Waals surface area contributed by atoms with Gasteiger partial charge in [-0.05, 0) is 18.4 Å². The van der Waals surface area contributed by atoms with Gasteiger partial charge in [-0.1, -0.05) is 0 Å². The van der Waals surface area contributed by atoms with Crippen molar-refractivity contribution in [3.8, 4) is 0 Å². The molecule has 0 aliphatic carbocycles. The molecule has 0 aromatic carbocycles. The van der Waals surface area contributed by atoms with Crippen molar-refractivity contribution in [3.05, 3.63) is 22.4 Å². The number of carbonyl (C=O) groups is 3. The molecule has 1 aliphatic rings. The van der Waals surface area contributed by atoms with E-state index in [0.29, 0.717) is 18.7 Å². The Morgan fingerprint density at radius 3 is 2.89 bits per heavy atom. The summed E-state index contributed by atoms with van der Waals surface area (Å²) in [6, 6.07) is 1.17. The molecule has 96 valence electrons. The van der Waals surface area contributed by atoms with Gasteiger partial charge in [0.05, 0.1) is 5.56 Å². The van der Waals surface area contributed by atoms with Crippen LogP contribution in [0.2, 0.25) is 0 Å². The summed E-state index contributed by atoms with van der Waals surface area (Å²) in [5.74, 6) is -1.06. The molecule has 1 fully saturated rings. The number of carbonyl (C=O) groups excluding carboxylic acids is 3. The van der Waals surface area contributed by atoms with Crippen LogP contribution < -0.4 is 5.32 Å². The zero-order chi connectivity index (χ0) is 13.1. The van der Waals surface area contributed by atoms with E-state index in [1.807, 2.05) is 0 Å². The smallest absolute Gasteiger partial charge is 0.339 e. The highest BCUT2D eigenvalue weighted by atomic mass is 32.1. The van der Waals surface area contributed by atoms with Gasteiger partial charge in [0.2, 0.25) is 0 Å². The molecular weight excluding hydrogens is 256 g/mol. The Hall–Kier alpha value is -1.89. The highest BCUT2D eigenvalue weighted by Crippen LogP contribution is 2.10. The van der Waals surface area contributed by atoms with Crippen LogP contribution in [0.3, 0.4) is 0 Å². The number of amides is 3. The second-order valence-corrected chi connectivity index (χ2v) is 4.56. The van der Waals surface area contributed by atoms with E-state index in [0.717, 1.165) is 4.90 Å².